The third-order valence-electron chi connectivity index (χ3n) is 2.47. The van der Waals surface area contributed by atoms with Gasteiger partial charge in [0.05, 0.1) is 0 Å². The standard InChI is InChI=1S/C13H18N2O3/c1-15(2)9-8-11(16)14-12(13(17)18)10-6-4-3-5-7-10/h3-7,12H,8-9H2,1-2H3,(H,14,16)(H,17,18)/t12-/m0/s1. The van der Waals surface area contributed by atoms with E-state index >= 15 is 0 Å². The number of nitrogens with zero attached hydrogens (tertiary/aromatic N) is 1. The van der Waals surface area contributed by atoms with Crippen molar-refractivity contribution in [3.63, 3.8) is 0 Å². The lowest BCUT2D eigenvalue weighted by atomic mass is 10.1. The second-order valence-electron chi connectivity index (χ2n) is 4.30. The summed E-state index contributed by atoms with van der Waals surface area (Å²) in [6, 6.07) is 7.68. The van der Waals surface area contributed by atoms with Gasteiger partial charge in [0.25, 0.3) is 0 Å². The van der Waals surface area contributed by atoms with Gasteiger partial charge in [0.2, 0.25) is 5.91 Å². The van der Waals surface area contributed by atoms with Crippen LogP contribution in [0.2, 0.25) is 0 Å². The molecule has 0 aliphatic heterocycles. The fraction of sp³-hybridized carbons (Fsp3) is 0.385. The summed E-state index contributed by atoms with van der Waals surface area (Å²) in [5, 5.41) is 11.7. The highest BCUT2D eigenvalue weighted by Crippen LogP contribution is 2.12. The number of carbonyl (C=O) groups excluding carboxylic acids is 1. The summed E-state index contributed by atoms with van der Waals surface area (Å²) in [5.74, 6) is -1.32. The van der Waals surface area contributed by atoms with Crippen LogP contribution >= 0.6 is 0 Å². The largest absolute Gasteiger partial charge is 0.479 e. The number of carbonyl (C=O) groups is 2. The van der Waals surface area contributed by atoms with Gasteiger partial charge in [-0.25, -0.2) is 4.79 Å². The second kappa shape index (κ2) is 6.76. The minimum absolute atomic E-state index is 0.264. The number of hydrogen-bond donors (Lipinski definition) is 2. The molecule has 0 aliphatic carbocycles. The van der Waals surface area contributed by atoms with Crippen LogP contribution in [-0.4, -0.2) is 42.5 Å². The van der Waals surface area contributed by atoms with Gasteiger partial charge in [-0.2, -0.15) is 0 Å². The Kier molecular flexibility index (Phi) is 5.32. The van der Waals surface area contributed by atoms with E-state index in [0.717, 1.165) is 0 Å². The molecular formula is C13H18N2O3. The van der Waals surface area contributed by atoms with E-state index in [4.69, 9.17) is 5.11 Å². The van der Waals surface area contributed by atoms with Crippen molar-refractivity contribution < 1.29 is 14.7 Å². The molecule has 98 valence electrons. The lowest BCUT2D eigenvalue weighted by Gasteiger charge is -2.16. The Morgan fingerprint density at radius 3 is 2.39 bits per heavy atom. The molecule has 2 N–H and O–H groups in total. The smallest absolute Gasteiger partial charge is 0.330 e. The van der Waals surface area contributed by atoms with Crippen LogP contribution in [0.15, 0.2) is 30.3 Å². The van der Waals surface area contributed by atoms with Crippen molar-refractivity contribution in [3.8, 4) is 0 Å². The lowest BCUT2D eigenvalue weighted by molar-refractivity contribution is -0.142. The average Bonchev–Trinajstić information content (AvgIpc) is 2.34. The number of carboxylic acid groups (broad SMARTS) is 1. The van der Waals surface area contributed by atoms with Crippen molar-refractivity contribution in [2.24, 2.45) is 0 Å². The summed E-state index contributed by atoms with van der Waals surface area (Å²) in [7, 11) is 3.72. The number of nitrogens with one attached hydrogen (secondary N) is 1. The Labute approximate surface area is 106 Å². The van der Waals surface area contributed by atoms with E-state index in [1.165, 1.54) is 0 Å². The lowest BCUT2D eigenvalue weighted by Crippen LogP contribution is -2.35. The quantitative estimate of drug-likeness (QED) is 0.786. The molecule has 0 spiro atoms. The van der Waals surface area contributed by atoms with E-state index in [1.54, 1.807) is 30.3 Å². The topological polar surface area (TPSA) is 69.6 Å². The van der Waals surface area contributed by atoms with E-state index in [9.17, 15) is 9.59 Å². The molecule has 5 nitrogen and oxygen atoms in total. The molecule has 1 aromatic rings. The molecule has 5 heteroatoms. The maximum absolute atomic E-state index is 11.6. The zero-order chi connectivity index (χ0) is 13.5. The molecule has 1 rings (SSSR count). The molecule has 0 unspecified atom stereocenters. The predicted octanol–water partition coefficient (Wildman–Crippen LogP) is 0.880. The van der Waals surface area contributed by atoms with Gasteiger partial charge in [-0.05, 0) is 19.7 Å². The summed E-state index contributed by atoms with van der Waals surface area (Å²) in [4.78, 5) is 24.7. The van der Waals surface area contributed by atoms with Gasteiger partial charge >= 0.3 is 5.97 Å². The third-order valence-corrected chi connectivity index (χ3v) is 2.47. The molecule has 1 atom stereocenters. The zero-order valence-corrected chi connectivity index (χ0v) is 10.6. The first-order chi connectivity index (χ1) is 8.50. The molecule has 1 aromatic carbocycles. The molecule has 0 bridgehead atoms. The van der Waals surface area contributed by atoms with Crippen molar-refractivity contribution >= 4 is 11.9 Å². The zero-order valence-electron chi connectivity index (χ0n) is 10.6. The molecule has 0 fully saturated rings. The summed E-state index contributed by atoms with van der Waals surface area (Å²) < 4.78 is 0. The van der Waals surface area contributed by atoms with Crippen LogP contribution < -0.4 is 5.32 Å². The minimum Gasteiger partial charge on any atom is -0.479 e. The average molecular weight is 250 g/mol. The van der Waals surface area contributed by atoms with Gasteiger partial charge in [0.1, 0.15) is 0 Å². The first-order valence-corrected chi connectivity index (χ1v) is 5.72. The van der Waals surface area contributed by atoms with E-state index < -0.39 is 12.0 Å². The first kappa shape index (κ1) is 14.2. The Bertz CT molecular complexity index is 404. The van der Waals surface area contributed by atoms with Crippen LogP contribution in [0.5, 0.6) is 0 Å². The highest BCUT2D eigenvalue weighted by molar-refractivity contribution is 5.84. The summed E-state index contributed by atoms with van der Waals surface area (Å²) in [5.41, 5.74) is 0.572. The molecule has 0 aliphatic rings. The first-order valence-electron chi connectivity index (χ1n) is 5.72. The van der Waals surface area contributed by atoms with Crippen molar-refractivity contribution in [2.45, 2.75) is 12.5 Å². The van der Waals surface area contributed by atoms with Crippen molar-refractivity contribution in [1.29, 1.82) is 0 Å². The SMILES string of the molecule is CN(C)CCC(=O)N[C@H](C(=O)O)c1ccccc1. The Balaban J connectivity index is 2.65. The number of aliphatic carboxylic acids is 1. The number of carboxylic acids is 1. The van der Waals surface area contributed by atoms with Crippen LogP contribution in [0.25, 0.3) is 0 Å². The van der Waals surface area contributed by atoms with E-state index in [-0.39, 0.29) is 12.3 Å². The van der Waals surface area contributed by atoms with Crippen molar-refractivity contribution in [2.75, 3.05) is 20.6 Å². The molecule has 1 amide bonds. The number of benzene rings is 1. The molecule has 0 heterocycles. The van der Waals surface area contributed by atoms with E-state index in [2.05, 4.69) is 5.32 Å². The van der Waals surface area contributed by atoms with Gasteiger partial charge < -0.3 is 15.3 Å². The number of amides is 1. The van der Waals surface area contributed by atoms with Crippen LogP contribution in [0.4, 0.5) is 0 Å². The van der Waals surface area contributed by atoms with Crippen molar-refractivity contribution in [1.82, 2.24) is 10.2 Å². The Morgan fingerprint density at radius 1 is 1.28 bits per heavy atom. The predicted molar refractivity (Wildman–Crippen MR) is 68.1 cm³/mol. The molecular weight excluding hydrogens is 232 g/mol. The third kappa shape index (κ3) is 4.55. The van der Waals surface area contributed by atoms with E-state index in [1.807, 2.05) is 19.0 Å². The van der Waals surface area contributed by atoms with Gasteiger partial charge in [-0.15, -0.1) is 0 Å². The Hall–Kier alpha value is -1.88. The van der Waals surface area contributed by atoms with Crippen LogP contribution in [0, 0.1) is 0 Å². The highest BCUT2D eigenvalue weighted by Gasteiger charge is 2.21. The monoisotopic (exact) mass is 250 g/mol. The molecule has 18 heavy (non-hydrogen) atoms. The number of hydrogen-bond acceptors (Lipinski definition) is 3. The molecule has 0 saturated carbocycles. The fourth-order valence-electron chi connectivity index (χ4n) is 1.49. The summed E-state index contributed by atoms with van der Waals surface area (Å²) in [6.45, 7) is 0.590. The normalized spacial score (nSPS) is 12.2. The highest BCUT2D eigenvalue weighted by atomic mass is 16.4. The second-order valence-corrected chi connectivity index (χ2v) is 4.30. The molecule has 0 radical (unpaired) electrons. The van der Waals surface area contributed by atoms with Crippen LogP contribution in [0.3, 0.4) is 0 Å². The summed E-state index contributed by atoms with van der Waals surface area (Å²) >= 11 is 0. The van der Waals surface area contributed by atoms with Crippen LogP contribution in [-0.2, 0) is 9.59 Å². The van der Waals surface area contributed by atoms with Gasteiger partial charge in [-0.3, -0.25) is 4.79 Å². The van der Waals surface area contributed by atoms with Crippen molar-refractivity contribution in [3.05, 3.63) is 35.9 Å². The maximum Gasteiger partial charge on any atom is 0.330 e. The maximum atomic E-state index is 11.6. The minimum atomic E-state index is -1.06. The van der Waals surface area contributed by atoms with E-state index in [0.29, 0.717) is 12.1 Å². The molecule has 0 saturated heterocycles. The summed E-state index contributed by atoms with van der Waals surface area (Å²) in [6.07, 6.45) is 0.281. The number of rotatable bonds is 6. The Morgan fingerprint density at radius 2 is 1.89 bits per heavy atom. The fourth-order valence-corrected chi connectivity index (χ4v) is 1.49. The van der Waals surface area contributed by atoms with Gasteiger partial charge in [-0.1, -0.05) is 30.3 Å². The van der Waals surface area contributed by atoms with Gasteiger partial charge in [0.15, 0.2) is 6.04 Å². The molecule has 0 aromatic heterocycles. The van der Waals surface area contributed by atoms with Gasteiger partial charge in [0, 0.05) is 13.0 Å². The van der Waals surface area contributed by atoms with Crippen LogP contribution in [0.1, 0.15) is 18.0 Å².